The number of benzene rings is 1. The van der Waals surface area contributed by atoms with E-state index in [4.69, 9.17) is 0 Å². The van der Waals surface area contributed by atoms with E-state index >= 15 is 0 Å². The molecule has 1 unspecified atom stereocenters. The molecular formula is C17H28BrN5O2S. The molecule has 26 heavy (non-hydrogen) atoms. The Morgan fingerprint density at radius 1 is 1.38 bits per heavy atom. The first kappa shape index (κ1) is 21.0. The van der Waals surface area contributed by atoms with Crippen LogP contribution in [0.1, 0.15) is 20.3 Å². The molecule has 1 aliphatic heterocycles. The van der Waals surface area contributed by atoms with Crippen LogP contribution in [0.2, 0.25) is 0 Å². The lowest BCUT2D eigenvalue weighted by Crippen LogP contribution is -2.54. The number of hydrogen-bond acceptors (Lipinski definition) is 4. The Labute approximate surface area is 164 Å². The summed E-state index contributed by atoms with van der Waals surface area (Å²) in [4.78, 5) is 6.59. The van der Waals surface area contributed by atoms with E-state index in [1.165, 1.54) is 5.69 Å². The molecule has 0 aliphatic carbocycles. The molecule has 1 saturated heterocycles. The Kier molecular flexibility index (Phi) is 6.92. The van der Waals surface area contributed by atoms with Crippen LogP contribution in [-0.2, 0) is 10.0 Å². The molecule has 146 valence electrons. The summed E-state index contributed by atoms with van der Waals surface area (Å²) < 4.78 is 26.6. The Hall–Kier alpha value is -1.32. The number of guanidine groups is 1. The van der Waals surface area contributed by atoms with Gasteiger partial charge in [0, 0.05) is 42.7 Å². The van der Waals surface area contributed by atoms with Gasteiger partial charge in [0.15, 0.2) is 5.96 Å². The van der Waals surface area contributed by atoms with Gasteiger partial charge in [-0.2, -0.15) is 0 Å². The summed E-state index contributed by atoms with van der Waals surface area (Å²) in [6, 6.07) is 8.49. The van der Waals surface area contributed by atoms with Crippen LogP contribution in [0.15, 0.2) is 33.7 Å². The summed E-state index contributed by atoms with van der Waals surface area (Å²) in [6.07, 6.45) is 2.17. The molecule has 1 aromatic carbocycles. The minimum absolute atomic E-state index is 0.277. The molecule has 0 radical (unpaired) electrons. The number of anilines is 1. The molecule has 1 atom stereocenters. The maximum absolute atomic E-state index is 11.4. The van der Waals surface area contributed by atoms with Gasteiger partial charge in [0.05, 0.1) is 11.9 Å². The average Bonchev–Trinajstić information content (AvgIpc) is 2.98. The number of sulfonamides is 1. The fraction of sp³-hybridized carbons (Fsp3) is 0.588. The second-order valence-corrected chi connectivity index (χ2v) is 9.81. The van der Waals surface area contributed by atoms with Crippen molar-refractivity contribution in [2.45, 2.75) is 31.8 Å². The van der Waals surface area contributed by atoms with Crippen LogP contribution in [0.25, 0.3) is 0 Å². The van der Waals surface area contributed by atoms with Crippen molar-refractivity contribution >= 4 is 37.6 Å². The number of aliphatic imine (C=N–C) groups is 1. The molecule has 1 aliphatic rings. The lowest BCUT2D eigenvalue weighted by Gasteiger charge is -2.27. The highest BCUT2D eigenvalue weighted by atomic mass is 79.9. The summed E-state index contributed by atoms with van der Waals surface area (Å²) in [7, 11) is -1.55. The first-order valence-electron chi connectivity index (χ1n) is 8.55. The molecule has 2 rings (SSSR count). The van der Waals surface area contributed by atoms with E-state index in [0.29, 0.717) is 12.5 Å². The van der Waals surface area contributed by atoms with Crippen LogP contribution >= 0.6 is 15.9 Å². The van der Waals surface area contributed by atoms with Crippen molar-refractivity contribution in [1.29, 1.82) is 0 Å². The zero-order chi connectivity index (χ0) is 19.4. The third kappa shape index (κ3) is 6.44. The minimum Gasteiger partial charge on any atom is -0.368 e. The molecule has 0 spiro atoms. The molecular weight excluding hydrogens is 418 g/mol. The Morgan fingerprint density at radius 3 is 2.69 bits per heavy atom. The van der Waals surface area contributed by atoms with Crippen LogP contribution in [0.5, 0.6) is 0 Å². The smallest absolute Gasteiger partial charge is 0.209 e. The highest BCUT2D eigenvalue weighted by Gasteiger charge is 2.26. The van der Waals surface area contributed by atoms with Gasteiger partial charge in [-0.05, 0) is 48.3 Å². The summed E-state index contributed by atoms with van der Waals surface area (Å²) in [5, 5.41) is 6.63. The van der Waals surface area contributed by atoms with E-state index in [0.717, 1.165) is 30.2 Å². The van der Waals surface area contributed by atoms with Gasteiger partial charge in [-0.3, -0.25) is 4.99 Å². The van der Waals surface area contributed by atoms with Crippen molar-refractivity contribution in [2.75, 3.05) is 37.8 Å². The number of halogens is 1. The second kappa shape index (κ2) is 8.58. The van der Waals surface area contributed by atoms with Crippen molar-refractivity contribution in [3.05, 3.63) is 28.7 Å². The molecule has 0 saturated carbocycles. The van der Waals surface area contributed by atoms with Crippen LogP contribution in [0, 0.1) is 0 Å². The Balaban J connectivity index is 1.88. The van der Waals surface area contributed by atoms with Crippen LogP contribution < -0.4 is 20.3 Å². The topological polar surface area (TPSA) is 85.8 Å². The van der Waals surface area contributed by atoms with Gasteiger partial charge in [0.1, 0.15) is 0 Å². The van der Waals surface area contributed by atoms with Gasteiger partial charge in [0.25, 0.3) is 0 Å². The number of rotatable bonds is 6. The van der Waals surface area contributed by atoms with Crippen molar-refractivity contribution < 1.29 is 8.42 Å². The Morgan fingerprint density at radius 2 is 2.08 bits per heavy atom. The summed E-state index contributed by atoms with van der Waals surface area (Å²) >= 11 is 3.61. The van der Waals surface area contributed by atoms with Crippen LogP contribution in [0.3, 0.4) is 0 Å². The quantitative estimate of drug-likeness (QED) is 0.456. The maximum atomic E-state index is 11.4. The van der Waals surface area contributed by atoms with Gasteiger partial charge < -0.3 is 15.5 Å². The van der Waals surface area contributed by atoms with Gasteiger partial charge in [-0.25, -0.2) is 13.1 Å². The van der Waals surface area contributed by atoms with Crippen molar-refractivity contribution in [1.82, 2.24) is 15.4 Å². The normalized spacial score (nSPS) is 18.9. The van der Waals surface area contributed by atoms with Gasteiger partial charge in [-0.1, -0.05) is 12.1 Å². The number of nitrogens with one attached hydrogen (secondary N) is 3. The van der Waals surface area contributed by atoms with Crippen LogP contribution in [0.4, 0.5) is 5.69 Å². The third-order valence-electron chi connectivity index (χ3n) is 4.11. The van der Waals surface area contributed by atoms with E-state index < -0.39 is 15.6 Å². The molecule has 0 amide bonds. The standard InChI is InChI=1S/C17H28BrN5O2S/c1-17(2,22-26(4,24)25)12-20-16(19-3)21-13-9-10-23(11-13)15-8-6-5-7-14(15)18/h5-8,13,22H,9-12H2,1-4H3,(H2,19,20,21). The molecule has 0 bridgehead atoms. The summed E-state index contributed by atoms with van der Waals surface area (Å²) in [6.45, 7) is 5.95. The minimum atomic E-state index is -3.26. The molecule has 0 aromatic heterocycles. The fourth-order valence-electron chi connectivity index (χ4n) is 3.04. The zero-order valence-electron chi connectivity index (χ0n) is 15.7. The fourth-order valence-corrected chi connectivity index (χ4v) is 4.65. The summed E-state index contributed by atoms with van der Waals surface area (Å²) in [5.74, 6) is 0.673. The third-order valence-corrected chi connectivity index (χ3v) is 5.70. The molecule has 1 aromatic rings. The SMILES string of the molecule is CN=C(NCC(C)(C)NS(C)(=O)=O)NC1CCN(c2ccccc2Br)C1. The average molecular weight is 446 g/mol. The maximum Gasteiger partial charge on any atom is 0.209 e. The van der Waals surface area contributed by atoms with Crippen molar-refractivity contribution in [2.24, 2.45) is 4.99 Å². The predicted molar refractivity (Wildman–Crippen MR) is 111 cm³/mol. The first-order chi connectivity index (χ1) is 12.1. The van der Waals surface area contributed by atoms with Gasteiger partial charge in [-0.15, -0.1) is 0 Å². The van der Waals surface area contributed by atoms with Crippen LogP contribution in [-0.4, -0.2) is 58.9 Å². The Bertz CT molecular complexity index is 751. The molecule has 1 fully saturated rings. The lowest BCUT2D eigenvalue weighted by atomic mass is 10.1. The van der Waals surface area contributed by atoms with Crippen molar-refractivity contribution in [3.63, 3.8) is 0 Å². The predicted octanol–water partition coefficient (Wildman–Crippen LogP) is 1.52. The van der Waals surface area contributed by atoms with E-state index in [9.17, 15) is 8.42 Å². The largest absolute Gasteiger partial charge is 0.368 e. The highest BCUT2D eigenvalue weighted by molar-refractivity contribution is 9.10. The monoisotopic (exact) mass is 445 g/mol. The second-order valence-electron chi connectivity index (χ2n) is 7.21. The molecule has 7 nitrogen and oxygen atoms in total. The van der Waals surface area contributed by atoms with E-state index in [-0.39, 0.29) is 6.04 Å². The van der Waals surface area contributed by atoms with E-state index in [1.807, 2.05) is 32.0 Å². The van der Waals surface area contributed by atoms with E-state index in [2.05, 4.69) is 47.2 Å². The molecule has 1 heterocycles. The number of para-hydroxylation sites is 1. The highest BCUT2D eigenvalue weighted by Crippen LogP contribution is 2.28. The molecule has 9 heteroatoms. The number of nitrogens with zero attached hydrogens (tertiary/aromatic N) is 2. The van der Waals surface area contributed by atoms with E-state index in [1.54, 1.807) is 7.05 Å². The zero-order valence-corrected chi connectivity index (χ0v) is 18.1. The van der Waals surface area contributed by atoms with Gasteiger partial charge >= 0.3 is 0 Å². The first-order valence-corrected chi connectivity index (χ1v) is 11.2. The number of hydrogen-bond donors (Lipinski definition) is 3. The summed E-state index contributed by atoms with van der Waals surface area (Å²) in [5.41, 5.74) is 0.583. The lowest BCUT2D eigenvalue weighted by molar-refractivity contribution is 0.445. The van der Waals surface area contributed by atoms with Crippen molar-refractivity contribution in [3.8, 4) is 0 Å². The molecule has 3 N–H and O–H groups in total. The van der Waals surface area contributed by atoms with Gasteiger partial charge in [0.2, 0.25) is 10.0 Å².